The highest BCUT2D eigenvalue weighted by Gasteiger charge is 2.33. The molecule has 0 saturated heterocycles. The van der Waals surface area contributed by atoms with Gasteiger partial charge >= 0.3 is 0 Å². The van der Waals surface area contributed by atoms with E-state index < -0.39 is 0 Å². The van der Waals surface area contributed by atoms with Crippen LogP contribution < -0.4 is 5.32 Å². The second kappa shape index (κ2) is 6.39. The van der Waals surface area contributed by atoms with Crippen LogP contribution in [-0.2, 0) is 11.3 Å². The highest BCUT2D eigenvalue weighted by atomic mass is 16.3. The molecule has 1 saturated carbocycles. The first kappa shape index (κ1) is 15.0. The smallest absolute Gasteiger partial charge is 0.221 e. The van der Waals surface area contributed by atoms with E-state index in [1.807, 2.05) is 24.6 Å². The Morgan fingerprint density at radius 2 is 2.15 bits per heavy atom. The van der Waals surface area contributed by atoms with Gasteiger partial charge in [-0.05, 0) is 32.8 Å². The predicted molar refractivity (Wildman–Crippen MR) is 77.3 cm³/mol. The van der Waals surface area contributed by atoms with Crippen LogP contribution in [0.4, 0.5) is 0 Å². The standard InChI is InChI=1S/C15H25N3O2/c1-12-9-13(2)18(17-12)8-5-14(20)16-10-15(11-19)6-3-4-7-15/h9,19H,3-8,10-11H2,1-2H3,(H,16,20). The number of aromatic nitrogens is 2. The van der Waals surface area contributed by atoms with E-state index in [9.17, 15) is 9.90 Å². The molecule has 112 valence electrons. The predicted octanol–water partition coefficient (Wildman–Crippen LogP) is 1.56. The third-order valence-electron chi connectivity index (χ3n) is 4.31. The molecule has 0 spiro atoms. The molecule has 1 aromatic heterocycles. The third-order valence-corrected chi connectivity index (χ3v) is 4.31. The molecule has 1 aromatic rings. The number of hydrogen-bond donors (Lipinski definition) is 2. The number of carbonyl (C=O) groups is 1. The summed E-state index contributed by atoms with van der Waals surface area (Å²) in [6.07, 6.45) is 4.77. The third kappa shape index (κ3) is 3.60. The molecule has 1 fully saturated rings. The van der Waals surface area contributed by atoms with Crippen LogP contribution in [0.2, 0.25) is 0 Å². The Morgan fingerprint density at radius 3 is 2.70 bits per heavy atom. The lowest BCUT2D eigenvalue weighted by atomic mass is 9.87. The van der Waals surface area contributed by atoms with Crippen LogP contribution in [0.15, 0.2) is 6.07 Å². The topological polar surface area (TPSA) is 67.2 Å². The summed E-state index contributed by atoms with van der Waals surface area (Å²) in [6.45, 7) is 5.33. The normalized spacial score (nSPS) is 17.4. The van der Waals surface area contributed by atoms with Crippen molar-refractivity contribution in [2.24, 2.45) is 5.41 Å². The molecule has 2 N–H and O–H groups in total. The first-order chi connectivity index (χ1) is 9.54. The minimum Gasteiger partial charge on any atom is -0.396 e. The highest BCUT2D eigenvalue weighted by molar-refractivity contribution is 5.75. The number of amides is 1. The van der Waals surface area contributed by atoms with E-state index in [1.165, 1.54) is 0 Å². The zero-order valence-electron chi connectivity index (χ0n) is 12.5. The van der Waals surface area contributed by atoms with Gasteiger partial charge in [0.1, 0.15) is 0 Å². The number of aliphatic hydroxyl groups is 1. The Balaban J connectivity index is 1.77. The van der Waals surface area contributed by atoms with Gasteiger partial charge in [0, 0.05) is 30.6 Å². The van der Waals surface area contributed by atoms with Gasteiger partial charge in [-0.25, -0.2) is 0 Å². The van der Waals surface area contributed by atoms with Gasteiger partial charge in [-0.3, -0.25) is 9.48 Å². The SMILES string of the molecule is Cc1cc(C)n(CCC(=O)NCC2(CO)CCCC2)n1. The maximum absolute atomic E-state index is 11.9. The van der Waals surface area contributed by atoms with Gasteiger partial charge in [-0.2, -0.15) is 5.10 Å². The average molecular weight is 279 g/mol. The Hall–Kier alpha value is -1.36. The number of aliphatic hydroxyl groups excluding tert-OH is 1. The summed E-state index contributed by atoms with van der Waals surface area (Å²) in [4.78, 5) is 11.9. The van der Waals surface area contributed by atoms with Crippen molar-refractivity contribution >= 4 is 5.91 Å². The fourth-order valence-corrected chi connectivity index (χ4v) is 3.00. The van der Waals surface area contributed by atoms with Crippen LogP contribution in [0, 0.1) is 19.3 Å². The van der Waals surface area contributed by atoms with Crippen molar-refractivity contribution in [1.29, 1.82) is 0 Å². The number of carbonyl (C=O) groups excluding carboxylic acids is 1. The lowest BCUT2D eigenvalue weighted by Crippen LogP contribution is -2.38. The molecule has 0 radical (unpaired) electrons. The second-order valence-electron chi connectivity index (χ2n) is 6.04. The summed E-state index contributed by atoms with van der Waals surface area (Å²) in [5.41, 5.74) is 1.99. The summed E-state index contributed by atoms with van der Waals surface area (Å²) >= 11 is 0. The molecule has 5 heteroatoms. The molecule has 0 unspecified atom stereocenters. The number of aryl methyl sites for hydroxylation is 3. The molecule has 5 nitrogen and oxygen atoms in total. The van der Waals surface area contributed by atoms with Crippen LogP contribution in [0.5, 0.6) is 0 Å². The molecule has 0 atom stereocenters. The zero-order chi connectivity index (χ0) is 14.6. The average Bonchev–Trinajstić information content (AvgIpc) is 3.01. The highest BCUT2D eigenvalue weighted by Crippen LogP contribution is 2.36. The van der Waals surface area contributed by atoms with Crippen LogP contribution in [-0.4, -0.2) is 33.9 Å². The number of nitrogens with zero attached hydrogens (tertiary/aromatic N) is 2. The Kier molecular flexibility index (Phi) is 4.81. The van der Waals surface area contributed by atoms with E-state index in [4.69, 9.17) is 0 Å². The summed E-state index contributed by atoms with van der Waals surface area (Å²) in [6, 6.07) is 2.01. The van der Waals surface area contributed by atoms with Crippen molar-refractivity contribution in [1.82, 2.24) is 15.1 Å². The monoisotopic (exact) mass is 279 g/mol. The first-order valence-electron chi connectivity index (χ1n) is 7.43. The van der Waals surface area contributed by atoms with Crippen molar-refractivity contribution in [3.05, 3.63) is 17.5 Å². The van der Waals surface area contributed by atoms with Crippen molar-refractivity contribution in [2.45, 2.75) is 52.5 Å². The largest absolute Gasteiger partial charge is 0.396 e. The molecule has 20 heavy (non-hydrogen) atoms. The molecule has 0 aromatic carbocycles. The fourth-order valence-electron chi connectivity index (χ4n) is 3.00. The minimum absolute atomic E-state index is 0.0391. The number of nitrogens with one attached hydrogen (secondary N) is 1. The molecule has 0 bridgehead atoms. The van der Waals surface area contributed by atoms with E-state index in [2.05, 4.69) is 10.4 Å². The summed E-state index contributed by atoms with van der Waals surface area (Å²) < 4.78 is 1.87. The number of hydrogen-bond acceptors (Lipinski definition) is 3. The van der Waals surface area contributed by atoms with Crippen molar-refractivity contribution in [3.8, 4) is 0 Å². The Labute approximate surface area is 120 Å². The first-order valence-corrected chi connectivity index (χ1v) is 7.43. The Morgan fingerprint density at radius 1 is 1.45 bits per heavy atom. The lowest BCUT2D eigenvalue weighted by molar-refractivity contribution is -0.122. The van der Waals surface area contributed by atoms with Gasteiger partial charge < -0.3 is 10.4 Å². The molecular formula is C15H25N3O2. The molecule has 1 aliphatic carbocycles. The van der Waals surface area contributed by atoms with Gasteiger partial charge in [0.2, 0.25) is 5.91 Å². The van der Waals surface area contributed by atoms with E-state index in [-0.39, 0.29) is 17.9 Å². The summed E-state index contributed by atoms with van der Waals surface area (Å²) in [5.74, 6) is 0.0391. The van der Waals surface area contributed by atoms with Crippen LogP contribution in [0.1, 0.15) is 43.5 Å². The summed E-state index contributed by atoms with van der Waals surface area (Å²) in [7, 11) is 0. The Bertz CT molecular complexity index is 462. The van der Waals surface area contributed by atoms with Crippen molar-refractivity contribution < 1.29 is 9.90 Å². The van der Waals surface area contributed by atoms with Gasteiger partial charge in [0.05, 0.1) is 12.3 Å². The van der Waals surface area contributed by atoms with Gasteiger partial charge in [-0.15, -0.1) is 0 Å². The maximum atomic E-state index is 11.9. The van der Waals surface area contributed by atoms with Gasteiger partial charge in [0.25, 0.3) is 0 Å². The van der Waals surface area contributed by atoms with Gasteiger partial charge in [0.15, 0.2) is 0 Å². The zero-order valence-corrected chi connectivity index (χ0v) is 12.5. The van der Waals surface area contributed by atoms with Crippen LogP contribution >= 0.6 is 0 Å². The van der Waals surface area contributed by atoms with E-state index >= 15 is 0 Å². The minimum atomic E-state index is -0.0755. The lowest BCUT2D eigenvalue weighted by Gasteiger charge is -2.26. The molecule has 1 aliphatic rings. The van der Waals surface area contributed by atoms with Gasteiger partial charge in [-0.1, -0.05) is 12.8 Å². The molecule has 0 aliphatic heterocycles. The molecule has 2 rings (SSSR count). The second-order valence-corrected chi connectivity index (χ2v) is 6.04. The van der Waals surface area contributed by atoms with Crippen molar-refractivity contribution in [3.63, 3.8) is 0 Å². The fraction of sp³-hybridized carbons (Fsp3) is 0.733. The van der Waals surface area contributed by atoms with Crippen LogP contribution in [0.3, 0.4) is 0 Å². The number of rotatable bonds is 6. The molecular weight excluding hydrogens is 254 g/mol. The molecule has 1 amide bonds. The van der Waals surface area contributed by atoms with Crippen molar-refractivity contribution in [2.75, 3.05) is 13.2 Å². The van der Waals surface area contributed by atoms with Crippen LogP contribution in [0.25, 0.3) is 0 Å². The van der Waals surface area contributed by atoms with E-state index in [0.29, 0.717) is 19.5 Å². The summed E-state index contributed by atoms with van der Waals surface area (Å²) in [5, 5.41) is 16.8. The van der Waals surface area contributed by atoms with E-state index in [0.717, 1.165) is 37.1 Å². The molecule has 1 heterocycles. The quantitative estimate of drug-likeness (QED) is 0.830. The van der Waals surface area contributed by atoms with E-state index in [1.54, 1.807) is 0 Å². The maximum Gasteiger partial charge on any atom is 0.221 e.